The number of aliphatic hydroxyl groups is 1. The first-order valence-electron chi connectivity index (χ1n) is 8.44. The second-order valence-electron chi connectivity index (χ2n) is 6.64. The lowest BCUT2D eigenvalue weighted by atomic mass is 9.60. The number of halogens is 1. The molecule has 1 aromatic rings. The molecule has 1 saturated carbocycles. The third-order valence-electron chi connectivity index (χ3n) is 5.21. The maximum atomic E-state index is 12.3. The van der Waals surface area contributed by atoms with E-state index in [-0.39, 0.29) is 18.1 Å². The van der Waals surface area contributed by atoms with Gasteiger partial charge >= 0.3 is 6.03 Å². The molecule has 1 aromatic carbocycles. The van der Waals surface area contributed by atoms with Crippen LogP contribution >= 0.6 is 15.9 Å². The maximum absolute atomic E-state index is 12.3. The van der Waals surface area contributed by atoms with E-state index in [1.54, 1.807) is 7.11 Å². The van der Waals surface area contributed by atoms with Gasteiger partial charge in [-0.3, -0.25) is 0 Å². The number of carbonyl (C=O) groups excluding carboxylic acids is 1. The van der Waals surface area contributed by atoms with Crippen molar-refractivity contribution in [1.82, 2.24) is 5.32 Å². The van der Waals surface area contributed by atoms with Crippen LogP contribution in [0.3, 0.4) is 0 Å². The number of amides is 2. The number of ether oxygens (including phenoxy) is 1. The third-order valence-corrected chi connectivity index (χ3v) is 5.96. The van der Waals surface area contributed by atoms with Gasteiger partial charge in [-0.25, -0.2) is 4.79 Å². The number of methoxy groups -OCH3 is 1. The van der Waals surface area contributed by atoms with E-state index in [9.17, 15) is 9.90 Å². The normalized spacial score (nSPS) is 17.0. The Morgan fingerprint density at radius 2 is 2.21 bits per heavy atom. The molecule has 0 bridgehead atoms. The van der Waals surface area contributed by atoms with Gasteiger partial charge in [0.15, 0.2) is 0 Å². The molecule has 3 N–H and O–H groups in total. The van der Waals surface area contributed by atoms with E-state index < -0.39 is 0 Å². The van der Waals surface area contributed by atoms with Gasteiger partial charge in [0.05, 0.1) is 6.61 Å². The van der Waals surface area contributed by atoms with Crippen LogP contribution in [0.4, 0.5) is 10.5 Å². The minimum Gasteiger partial charge on any atom is -0.396 e. The summed E-state index contributed by atoms with van der Waals surface area (Å²) in [5.41, 5.74) is 1.80. The Balaban J connectivity index is 1.95. The van der Waals surface area contributed by atoms with E-state index in [2.05, 4.69) is 33.5 Å². The molecule has 1 aliphatic carbocycles. The molecule has 0 unspecified atom stereocenters. The fourth-order valence-electron chi connectivity index (χ4n) is 3.36. The van der Waals surface area contributed by atoms with Crippen LogP contribution in [0.15, 0.2) is 22.7 Å². The molecule has 0 aromatic heterocycles. The predicted molar refractivity (Wildman–Crippen MR) is 99.0 cm³/mol. The summed E-state index contributed by atoms with van der Waals surface area (Å²) < 4.78 is 6.12. The molecule has 0 saturated heterocycles. The standard InChI is InChI=1S/C18H27BrN2O3/c1-13(7-10-22)18(8-4-9-18)12-20-17(23)21-16-6-3-5-15(19)14(16)11-24-2/h3,5-6,13,22H,4,7-12H2,1-2H3,(H2,20,21,23)/t13-/m0/s1. The number of hydrogen-bond acceptors (Lipinski definition) is 3. The molecule has 1 atom stereocenters. The summed E-state index contributed by atoms with van der Waals surface area (Å²) in [4.78, 5) is 12.3. The van der Waals surface area contributed by atoms with Crippen LogP contribution in [0.5, 0.6) is 0 Å². The molecule has 24 heavy (non-hydrogen) atoms. The molecule has 134 valence electrons. The van der Waals surface area contributed by atoms with Gasteiger partial charge in [0.2, 0.25) is 0 Å². The molecule has 5 nitrogen and oxygen atoms in total. The fourth-order valence-corrected chi connectivity index (χ4v) is 3.84. The van der Waals surface area contributed by atoms with Crippen LogP contribution in [-0.2, 0) is 11.3 Å². The minimum atomic E-state index is -0.201. The number of hydrogen-bond donors (Lipinski definition) is 3. The second-order valence-corrected chi connectivity index (χ2v) is 7.49. The van der Waals surface area contributed by atoms with Crippen molar-refractivity contribution in [3.05, 3.63) is 28.2 Å². The average Bonchev–Trinajstić information content (AvgIpc) is 2.50. The molecule has 0 spiro atoms. The topological polar surface area (TPSA) is 70.6 Å². The van der Waals surface area contributed by atoms with E-state index in [0.29, 0.717) is 19.1 Å². The molecular weight excluding hydrogens is 372 g/mol. The second kappa shape index (κ2) is 8.83. The third kappa shape index (κ3) is 4.49. The van der Waals surface area contributed by atoms with Crippen molar-refractivity contribution in [2.45, 2.75) is 39.2 Å². The van der Waals surface area contributed by atoms with Gasteiger partial charge in [0.1, 0.15) is 0 Å². The van der Waals surface area contributed by atoms with Crippen LogP contribution in [0.2, 0.25) is 0 Å². The van der Waals surface area contributed by atoms with Gasteiger partial charge in [-0.15, -0.1) is 0 Å². The van der Waals surface area contributed by atoms with Crippen molar-refractivity contribution >= 4 is 27.6 Å². The zero-order valence-corrected chi connectivity index (χ0v) is 16.0. The van der Waals surface area contributed by atoms with Crippen LogP contribution in [0, 0.1) is 11.3 Å². The zero-order chi connectivity index (χ0) is 17.6. The predicted octanol–water partition coefficient (Wildman–Crippen LogP) is 3.91. The smallest absolute Gasteiger partial charge is 0.319 e. The number of aliphatic hydroxyl groups excluding tert-OH is 1. The highest BCUT2D eigenvalue weighted by Gasteiger charge is 2.41. The Kier molecular flexibility index (Phi) is 7.07. The van der Waals surface area contributed by atoms with Crippen molar-refractivity contribution in [1.29, 1.82) is 0 Å². The van der Waals surface area contributed by atoms with E-state index >= 15 is 0 Å². The minimum absolute atomic E-state index is 0.132. The van der Waals surface area contributed by atoms with Crippen molar-refractivity contribution < 1.29 is 14.6 Å². The lowest BCUT2D eigenvalue weighted by Gasteiger charge is -2.46. The molecular formula is C18H27BrN2O3. The monoisotopic (exact) mass is 398 g/mol. The van der Waals surface area contributed by atoms with Gasteiger partial charge in [-0.2, -0.15) is 0 Å². The SMILES string of the molecule is COCc1c(Br)cccc1NC(=O)NCC1([C@@H](C)CCO)CCC1. The fraction of sp³-hybridized carbons (Fsp3) is 0.611. The van der Waals surface area contributed by atoms with Crippen LogP contribution in [0.25, 0.3) is 0 Å². The van der Waals surface area contributed by atoms with Gasteiger partial charge in [-0.1, -0.05) is 35.3 Å². The Morgan fingerprint density at radius 3 is 2.79 bits per heavy atom. The number of nitrogens with one attached hydrogen (secondary N) is 2. The van der Waals surface area contributed by atoms with Crippen molar-refractivity contribution in [2.24, 2.45) is 11.3 Å². The summed E-state index contributed by atoms with van der Waals surface area (Å²) in [7, 11) is 1.63. The van der Waals surface area contributed by atoms with E-state index in [0.717, 1.165) is 35.0 Å². The summed E-state index contributed by atoms with van der Waals surface area (Å²) in [6.07, 6.45) is 4.20. The first kappa shape index (κ1) is 19.2. The highest BCUT2D eigenvalue weighted by atomic mass is 79.9. The van der Waals surface area contributed by atoms with Crippen LogP contribution < -0.4 is 10.6 Å². The Bertz CT molecular complexity index is 561. The summed E-state index contributed by atoms with van der Waals surface area (Å²) in [6, 6.07) is 5.48. The van der Waals surface area contributed by atoms with Crippen LogP contribution in [0.1, 0.15) is 38.2 Å². The number of benzene rings is 1. The molecule has 0 radical (unpaired) electrons. The molecule has 0 aliphatic heterocycles. The number of urea groups is 1. The summed E-state index contributed by atoms with van der Waals surface area (Å²) in [5, 5.41) is 15.1. The molecule has 1 aliphatic rings. The van der Waals surface area contributed by atoms with E-state index in [1.165, 1.54) is 6.42 Å². The van der Waals surface area contributed by atoms with Gasteiger partial charge in [0, 0.05) is 36.0 Å². The number of anilines is 1. The van der Waals surface area contributed by atoms with Gasteiger partial charge in [0.25, 0.3) is 0 Å². The van der Waals surface area contributed by atoms with Crippen LogP contribution in [-0.4, -0.2) is 31.4 Å². The lowest BCUT2D eigenvalue weighted by Crippen LogP contribution is -2.47. The molecule has 6 heteroatoms. The zero-order valence-electron chi connectivity index (χ0n) is 14.4. The summed E-state index contributed by atoms with van der Waals surface area (Å²) in [6.45, 7) is 3.44. The van der Waals surface area contributed by atoms with Crippen molar-refractivity contribution in [3.63, 3.8) is 0 Å². The Morgan fingerprint density at radius 1 is 1.46 bits per heavy atom. The first-order valence-corrected chi connectivity index (χ1v) is 9.24. The molecule has 2 amide bonds. The molecule has 2 rings (SSSR count). The molecule has 0 heterocycles. The highest BCUT2D eigenvalue weighted by Crippen LogP contribution is 2.47. The van der Waals surface area contributed by atoms with E-state index in [1.807, 2.05) is 18.2 Å². The Labute approximate surface area is 152 Å². The highest BCUT2D eigenvalue weighted by molar-refractivity contribution is 9.10. The van der Waals surface area contributed by atoms with Crippen molar-refractivity contribution in [2.75, 3.05) is 25.6 Å². The maximum Gasteiger partial charge on any atom is 0.319 e. The molecule has 1 fully saturated rings. The first-order chi connectivity index (χ1) is 11.5. The summed E-state index contributed by atoms with van der Waals surface area (Å²) >= 11 is 3.49. The Hall–Kier alpha value is -1.11. The van der Waals surface area contributed by atoms with Crippen molar-refractivity contribution in [3.8, 4) is 0 Å². The lowest BCUT2D eigenvalue weighted by molar-refractivity contribution is 0.0462. The number of carbonyl (C=O) groups is 1. The van der Waals surface area contributed by atoms with Gasteiger partial charge in [-0.05, 0) is 42.7 Å². The quantitative estimate of drug-likeness (QED) is 0.621. The summed E-state index contributed by atoms with van der Waals surface area (Å²) in [5.74, 6) is 0.409. The average molecular weight is 399 g/mol. The van der Waals surface area contributed by atoms with Gasteiger partial charge < -0.3 is 20.5 Å². The number of rotatable bonds is 8. The van der Waals surface area contributed by atoms with E-state index in [4.69, 9.17) is 4.74 Å². The largest absolute Gasteiger partial charge is 0.396 e.